The maximum atomic E-state index is 4.99. The Hall–Kier alpha value is 3.05. The first-order chi connectivity index (χ1) is 7.08. The number of halogens is 7. The monoisotopic (exact) mass is 401 g/mol. The van der Waals surface area contributed by atoms with Crippen LogP contribution >= 0.6 is 70.3 Å². The second-order valence-electron chi connectivity index (χ2n) is 2.55. The van der Waals surface area contributed by atoms with Crippen molar-refractivity contribution in [1.82, 2.24) is 0 Å². The first-order valence-corrected chi connectivity index (χ1v) is 16.9. The largest absolute Gasteiger partial charge is 0.643 e. The molecule has 1 nitrogen and oxygen atoms in total. The van der Waals surface area contributed by atoms with E-state index in [9.17, 15) is 0 Å². The lowest BCUT2D eigenvalue weighted by Gasteiger charge is -2.10. The molecule has 0 heterocycles. The molecule has 0 saturated carbocycles. The summed E-state index contributed by atoms with van der Waals surface area (Å²) < 4.78 is 0. The van der Waals surface area contributed by atoms with Gasteiger partial charge in [-0.15, -0.1) is 0 Å². The van der Waals surface area contributed by atoms with E-state index in [1.54, 1.807) is 4.90 Å². The minimum Gasteiger partial charge on any atom is -0.391 e. The molecule has 1 N–H and O–H groups in total. The van der Waals surface area contributed by atoms with Gasteiger partial charge in [-0.2, -0.15) is 0 Å². The molecule has 0 aromatic rings. The van der Waals surface area contributed by atoms with E-state index in [1.807, 2.05) is 0 Å². The summed E-state index contributed by atoms with van der Waals surface area (Å²) in [4.78, 5) is 1.68. The summed E-state index contributed by atoms with van der Waals surface area (Å²) in [5, 5.41) is 0. The fraction of sp³-hybridized carbons (Fsp3) is 1.00. The molecule has 0 atom stereocenters. The molecule has 0 fully saturated rings. The molecular formula is C6H16Al2Cl7N. The van der Waals surface area contributed by atoms with Gasteiger partial charge in [-0.05, 0) is 20.8 Å². The summed E-state index contributed by atoms with van der Waals surface area (Å²) >= 11 is -1.72. The topological polar surface area (TPSA) is 4.44 Å². The second-order valence-corrected chi connectivity index (χ2v) is 21.9. The van der Waals surface area contributed by atoms with Gasteiger partial charge in [-0.1, -0.05) is 0 Å². The van der Waals surface area contributed by atoms with E-state index in [0.29, 0.717) is 0 Å². The van der Waals surface area contributed by atoms with Crippen molar-refractivity contribution in [1.29, 1.82) is 0 Å². The van der Waals surface area contributed by atoms with Crippen LogP contribution in [0.4, 0.5) is 0 Å². The molecule has 0 aliphatic rings. The minimum absolute atomic E-state index is 1.27. The molecule has 0 amide bonds. The third-order valence-electron chi connectivity index (χ3n) is 1.50. The van der Waals surface area contributed by atoms with Crippen molar-refractivity contribution < 1.29 is 4.90 Å². The van der Waals surface area contributed by atoms with Crippen molar-refractivity contribution in [2.45, 2.75) is 20.8 Å². The number of rotatable bonds is 3. The highest BCUT2D eigenvalue weighted by atomic mass is 35.9. The van der Waals surface area contributed by atoms with Gasteiger partial charge in [0.05, 0.1) is 19.6 Å². The Morgan fingerprint density at radius 1 is 0.812 bits per heavy atom. The Balaban J connectivity index is -0.000000166. The molecule has 16 heavy (non-hydrogen) atoms. The quantitative estimate of drug-likeness (QED) is 0.679. The Kier molecular flexibility index (Phi) is 24.3. The van der Waals surface area contributed by atoms with Crippen LogP contribution in [0, 0.1) is 0 Å². The zero-order valence-corrected chi connectivity index (χ0v) is 17.0. The predicted molar refractivity (Wildman–Crippen MR) is 85.1 cm³/mol. The van der Waals surface area contributed by atoms with Crippen LogP contribution < -0.4 is 4.90 Å². The first-order valence-electron chi connectivity index (χ1n) is 4.71. The normalized spacial score (nSPS) is 9.94. The molecule has 0 bridgehead atoms. The maximum Gasteiger partial charge on any atom is 0.643 e. The molecule has 0 radical (unpaired) electrons. The number of hydrogen-bond donors (Lipinski definition) is 1. The lowest BCUT2D eigenvalue weighted by molar-refractivity contribution is -0.894. The molecule has 0 unspecified atom stereocenters. The molecule has 0 rings (SSSR count). The van der Waals surface area contributed by atoms with Crippen molar-refractivity contribution >= 4 is 91.1 Å². The average molecular weight is 404 g/mol. The van der Waals surface area contributed by atoms with Crippen molar-refractivity contribution in [3.05, 3.63) is 0 Å². The van der Waals surface area contributed by atoms with Crippen molar-refractivity contribution in [3.63, 3.8) is 0 Å². The van der Waals surface area contributed by atoms with Gasteiger partial charge < -0.3 is 45.1 Å². The minimum atomic E-state index is -2.94. The van der Waals surface area contributed by atoms with Gasteiger partial charge in [-0.25, -0.2) is 30.1 Å². The van der Waals surface area contributed by atoms with Crippen LogP contribution in [0.25, 0.3) is 0 Å². The van der Waals surface area contributed by atoms with E-state index in [1.165, 1.54) is 19.6 Å². The maximum absolute atomic E-state index is 4.99. The lowest BCUT2D eigenvalue weighted by atomic mass is 10.5. The van der Waals surface area contributed by atoms with E-state index in [0.717, 1.165) is 0 Å². The second kappa shape index (κ2) is 16.1. The van der Waals surface area contributed by atoms with Crippen LogP contribution in [0.3, 0.4) is 0 Å². The van der Waals surface area contributed by atoms with Crippen LogP contribution in [0.5, 0.6) is 0 Å². The third-order valence-corrected chi connectivity index (χ3v) is 1.50. The smallest absolute Gasteiger partial charge is 0.391 e. The standard InChI is InChI=1S/C6H15N.2Al.7ClH/c1-4-7(5-2)6-3;;;;;;;;;/h4-6H2,1-3H3;;;7*1H/q;2*+3;;;;;;;/p-6. The van der Waals surface area contributed by atoms with E-state index >= 15 is 0 Å². The van der Waals surface area contributed by atoms with Crippen molar-refractivity contribution in [2.24, 2.45) is 0 Å². The highest BCUT2D eigenvalue weighted by Crippen LogP contribution is 2.23. The van der Waals surface area contributed by atoms with Gasteiger partial charge in [0, 0.05) is 0 Å². The Morgan fingerprint density at radius 3 is 0.938 bits per heavy atom. The van der Waals surface area contributed by atoms with Crippen molar-refractivity contribution in [3.8, 4) is 0 Å². The van der Waals surface area contributed by atoms with Gasteiger partial charge in [0.15, 0.2) is 0 Å². The van der Waals surface area contributed by atoms with Crippen LogP contribution in [0.2, 0.25) is 0 Å². The molecule has 0 aromatic heterocycles. The van der Waals surface area contributed by atoms with Crippen LogP contribution in [0.15, 0.2) is 0 Å². The molecule has 0 spiro atoms. The summed E-state index contributed by atoms with van der Waals surface area (Å²) in [6.45, 7) is 10.5. The summed E-state index contributed by atoms with van der Waals surface area (Å²) in [7, 11) is 31.9. The number of quaternary nitrogens is 1. The molecule has 0 aliphatic carbocycles. The van der Waals surface area contributed by atoms with E-state index < -0.39 is 20.8 Å². The van der Waals surface area contributed by atoms with Gasteiger partial charge >= 0.3 is 20.8 Å². The summed E-state index contributed by atoms with van der Waals surface area (Å²) in [5.41, 5.74) is 0. The fourth-order valence-electron chi connectivity index (χ4n) is 0.750. The highest BCUT2D eigenvalue weighted by Gasteiger charge is 2.14. The Morgan fingerprint density at radius 2 is 0.938 bits per heavy atom. The van der Waals surface area contributed by atoms with E-state index in [4.69, 9.17) is 70.3 Å². The van der Waals surface area contributed by atoms with E-state index in [2.05, 4.69) is 20.8 Å². The summed E-state index contributed by atoms with van der Waals surface area (Å²) in [6.07, 6.45) is 0. The summed E-state index contributed by atoms with van der Waals surface area (Å²) in [5.74, 6) is 0. The Bertz CT molecular complexity index is 114. The number of nitrogens with one attached hydrogen (secondary N) is 1. The van der Waals surface area contributed by atoms with Gasteiger partial charge in [0.1, 0.15) is 0 Å². The van der Waals surface area contributed by atoms with Gasteiger partial charge in [0.25, 0.3) is 0 Å². The number of hydrogen-bond acceptors (Lipinski definition) is 0. The van der Waals surface area contributed by atoms with Crippen LogP contribution in [-0.4, -0.2) is 40.4 Å². The molecule has 0 aromatic carbocycles. The SMILES string of the molecule is CC[NH+](CC)CC.[Cl][Al-]([Cl])([Cl])[Cl].[Cl][Al]([Cl])[Cl]. The zero-order valence-electron chi connectivity index (χ0n) is 9.42. The predicted octanol–water partition coefficient (Wildman–Crippen LogP) is 4.00. The Labute approximate surface area is 135 Å². The van der Waals surface area contributed by atoms with E-state index in [-0.39, 0.29) is 0 Å². The molecule has 10 heteroatoms. The van der Waals surface area contributed by atoms with Gasteiger partial charge in [-0.3, -0.25) is 0 Å². The first kappa shape index (κ1) is 24.1. The van der Waals surface area contributed by atoms with Gasteiger partial charge in [0.2, 0.25) is 0 Å². The highest BCUT2D eigenvalue weighted by molar-refractivity contribution is 7.81. The lowest BCUT2D eigenvalue weighted by Crippen LogP contribution is -3.11. The molecule has 100 valence electrons. The zero-order chi connectivity index (χ0) is 13.8. The van der Waals surface area contributed by atoms with Crippen LogP contribution in [-0.2, 0) is 0 Å². The van der Waals surface area contributed by atoms with Crippen molar-refractivity contribution in [2.75, 3.05) is 19.6 Å². The average Bonchev–Trinajstić information content (AvgIpc) is 2.03. The van der Waals surface area contributed by atoms with Crippen LogP contribution in [0.1, 0.15) is 20.8 Å². The molecule has 0 aliphatic heterocycles. The summed E-state index contributed by atoms with van der Waals surface area (Å²) in [6, 6.07) is 0. The fourth-order valence-corrected chi connectivity index (χ4v) is 0.750. The molecular weight excluding hydrogens is 388 g/mol. The third kappa shape index (κ3) is 53.6. The molecule has 0 saturated heterocycles.